The Morgan fingerprint density at radius 2 is 2.05 bits per heavy atom. The number of benzene rings is 1. The molecule has 0 fully saturated rings. The van der Waals surface area contributed by atoms with Crippen LogP contribution in [0.15, 0.2) is 35.8 Å². The highest BCUT2D eigenvalue weighted by atomic mass is 32.1. The first-order valence-electron chi connectivity index (χ1n) is 5.94. The summed E-state index contributed by atoms with van der Waals surface area (Å²) in [6.07, 6.45) is 0. The van der Waals surface area contributed by atoms with Gasteiger partial charge in [-0.25, -0.2) is 9.59 Å². The average molecular weight is 274 g/mol. The Morgan fingerprint density at radius 1 is 1.32 bits per heavy atom. The summed E-state index contributed by atoms with van der Waals surface area (Å²) in [7, 11) is 0. The molecule has 1 aromatic carbocycles. The van der Waals surface area contributed by atoms with E-state index in [2.05, 4.69) is 5.10 Å². The Morgan fingerprint density at radius 3 is 2.79 bits per heavy atom. The molecule has 96 valence electrons. The predicted molar refractivity (Wildman–Crippen MR) is 69.7 cm³/mol. The summed E-state index contributed by atoms with van der Waals surface area (Å²) in [6, 6.07) is 9.71. The molecule has 1 aliphatic rings. The predicted octanol–water partition coefficient (Wildman–Crippen LogP) is 1.25. The van der Waals surface area contributed by atoms with Gasteiger partial charge in [-0.2, -0.15) is 4.90 Å². The van der Waals surface area contributed by atoms with Gasteiger partial charge in [-0.05, 0) is 23.8 Å². The minimum Gasteiger partial charge on any atom is -0.246 e. The van der Waals surface area contributed by atoms with E-state index >= 15 is 0 Å². The number of rotatable bonds is 2. The Hall–Kier alpha value is -2.08. The highest BCUT2D eigenvalue weighted by molar-refractivity contribution is 7.13. The minimum absolute atomic E-state index is 0.168. The maximum Gasteiger partial charge on any atom is 0.374 e. The van der Waals surface area contributed by atoms with Gasteiger partial charge in [-0.3, -0.25) is 0 Å². The third-order valence-corrected chi connectivity index (χ3v) is 3.94. The van der Waals surface area contributed by atoms with Crippen molar-refractivity contribution in [2.75, 3.05) is 4.90 Å². The van der Waals surface area contributed by atoms with Gasteiger partial charge in [0.15, 0.2) is 5.92 Å². The molecular weight excluding hydrogens is 262 g/mol. The van der Waals surface area contributed by atoms with Crippen molar-refractivity contribution in [3.05, 3.63) is 41.4 Å². The van der Waals surface area contributed by atoms with E-state index in [1.807, 2.05) is 30.3 Å². The molecule has 1 atom stereocenters. The van der Waals surface area contributed by atoms with E-state index in [0.717, 1.165) is 5.56 Å². The Labute approximate surface area is 114 Å². The quantitative estimate of drug-likeness (QED) is 0.612. The van der Waals surface area contributed by atoms with Gasteiger partial charge in [0.05, 0.1) is 0 Å². The second-order valence-corrected chi connectivity index (χ2v) is 5.21. The van der Waals surface area contributed by atoms with Crippen LogP contribution in [0.1, 0.15) is 17.3 Å². The van der Waals surface area contributed by atoms with Crippen LogP contribution < -0.4 is 9.58 Å². The molecule has 0 aliphatic carbocycles. The van der Waals surface area contributed by atoms with Crippen molar-refractivity contribution in [2.24, 2.45) is 5.92 Å². The third-order valence-electron chi connectivity index (χ3n) is 3.13. The van der Waals surface area contributed by atoms with Crippen LogP contribution in [-0.4, -0.2) is 16.9 Å². The first kappa shape index (κ1) is 12.0. The van der Waals surface area contributed by atoms with Crippen LogP contribution in [0.4, 0.5) is 5.13 Å². The molecule has 0 N–H and O–H groups in total. The smallest absolute Gasteiger partial charge is 0.246 e. The highest BCUT2D eigenvalue weighted by Gasteiger charge is 2.46. The molecule has 2 aromatic rings. The van der Waals surface area contributed by atoms with Crippen molar-refractivity contribution in [1.29, 1.82) is 0 Å². The maximum atomic E-state index is 12.3. The summed E-state index contributed by atoms with van der Waals surface area (Å²) in [6.45, 7) is 2.08. The molecule has 1 amide bonds. The molecule has 6 heteroatoms. The number of amides is 1. The van der Waals surface area contributed by atoms with Crippen LogP contribution in [0.25, 0.3) is 0 Å². The molecule has 0 spiro atoms. The topological polar surface area (TPSA) is 54.2 Å². The monoisotopic (exact) mass is 274 g/mol. The van der Waals surface area contributed by atoms with Crippen molar-refractivity contribution in [3.8, 4) is 0 Å². The SMILES string of the molecule is CC1C(=O)N(Cc2ccccc2)c2scn[n+]2C1=O. The summed E-state index contributed by atoms with van der Waals surface area (Å²) < 4.78 is 1.32. The third kappa shape index (κ3) is 1.94. The lowest BCUT2D eigenvalue weighted by Crippen LogP contribution is -2.60. The number of hydrogen-bond acceptors (Lipinski definition) is 4. The van der Waals surface area contributed by atoms with Crippen molar-refractivity contribution < 1.29 is 14.3 Å². The first-order chi connectivity index (χ1) is 9.18. The fraction of sp³-hybridized carbons (Fsp3) is 0.231. The largest absolute Gasteiger partial charge is 0.374 e. The summed E-state index contributed by atoms with van der Waals surface area (Å²) >= 11 is 1.30. The molecule has 0 saturated carbocycles. The fourth-order valence-electron chi connectivity index (χ4n) is 2.07. The van der Waals surface area contributed by atoms with Gasteiger partial charge in [0.25, 0.3) is 0 Å². The lowest BCUT2D eigenvalue weighted by molar-refractivity contribution is -0.623. The van der Waals surface area contributed by atoms with E-state index in [1.165, 1.54) is 16.0 Å². The van der Waals surface area contributed by atoms with Gasteiger partial charge >= 0.3 is 16.9 Å². The zero-order chi connectivity index (χ0) is 13.4. The number of nitrogens with zero attached hydrogens (tertiary/aromatic N) is 3. The number of fused-ring (bicyclic) bond motifs is 1. The number of carbonyl (C=O) groups is 2. The molecular formula is C13H12N3O2S+. The molecule has 0 saturated heterocycles. The van der Waals surface area contributed by atoms with Crippen LogP contribution in [0.2, 0.25) is 0 Å². The summed E-state index contributed by atoms with van der Waals surface area (Å²) in [4.78, 5) is 25.8. The van der Waals surface area contributed by atoms with E-state index in [0.29, 0.717) is 11.7 Å². The molecule has 1 aromatic heterocycles. The van der Waals surface area contributed by atoms with E-state index in [4.69, 9.17) is 0 Å². The zero-order valence-electron chi connectivity index (χ0n) is 10.3. The van der Waals surface area contributed by atoms with Gasteiger partial charge in [0.2, 0.25) is 0 Å². The second-order valence-electron chi connectivity index (χ2n) is 4.40. The molecule has 2 heterocycles. The Balaban J connectivity index is 1.99. The Kier molecular flexibility index (Phi) is 2.87. The molecule has 0 radical (unpaired) electrons. The van der Waals surface area contributed by atoms with E-state index in [9.17, 15) is 9.59 Å². The van der Waals surface area contributed by atoms with Crippen LogP contribution in [-0.2, 0) is 11.3 Å². The van der Waals surface area contributed by atoms with Gasteiger partial charge in [0, 0.05) is 0 Å². The zero-order valence-corrected chi connectivity index (χ0v) is 11.1. The lowest BCUT2D eigenvalue weighted by atomic mass is 10.1. The van der Waals surface area contributed by atoms with Crippen molar-refractivity contribution in [3.63, 3.8) is 0 Å². The second kappa shape index (κ2) is 4.55. The summed E-state index contributed by atoms with van der Waals surface area (Å²) in [5, 5.41) is 4.59. The fourth-order valence-corrected chi connectivity index (χ4v) is 2.83. The van der Waals surface area contributed by atoms with E-state index in [-0.39, 0.29) is 11.8 Å². The molecule has 1 aliphatic heterocycles. The minimum atomic E-state index is -0.677. The summed E-state index contributed by atoms with van der Waals surface area (Å²) in [5.74, 6) is -1.10. The number of aromatic nitrogens is 2. The molecule has 1 unspecified atom stereocenters. The lowest BCUT2D eigenvalue weighted by Gasteiger charge is -2.20. The summed E-state index contributed by atoms with van der Waals surface area (Å²) in [5.41, 5.74) is 2.61. The molecule has 0 bridgehead atoms. The van der Waals surface area contributed by atoms with Gasteiger partial charge in [-0.1, -0.05) is 40.1 Å². The van der Waals surface area contributed by atoms with Gasteiger partial charge < -0.3 is 0 Å². The normalized spacial score (nSPS) is 18.6. The van der Waals surface area contributed by atoms with Crippen LogP contribution in [0, 0.1) is 5.92 Å². The van der Waals surface area contributed by atoms with Crippen LogP contribution >= 0.6 is 11.3 Å². The molecule has 19 heavy (non-hydrogen) atoms. The van der Waals surface area contributed by atoms with Gasteiger partial charge in [0.1, 0.15) is 12.1 Å². The first-order valence-corrected chi connectivity index (χ1v) is 6.82. The highest BCUT2D eigenvalue weighted by Crippen LogP contribution is 2.24. The Bertz CT molecular complexity index is 638. The standard InChI is InChI=1S/C13H12N3O2S/c1-9-11(17)15(7-10-5-3-2-4-6-10)13-16(12(9)18)14-8-19-13/h2-6,8-9H,7H2,1H3/q+1. The molecule has 3 rings (SSSR count). The van der Waals surface area contributed by atoms with Crippen molar-refractivity contribution in [1.82, 2.24) is 5.10 Å². The number of carbonyl (C=O) groups excluding carboxylic acids is 2. The van der Waals surface area contributed by atoms with Crippen LogP contribution in [0.5, 0.6) is 0 Å². The van der Waals surface area contributed by atoms with Crippen molar-refractivity contribution >= 4 is 28.3 Å². The maximum absolute atomic E-state index is 12.3. The van der Waals surface area contributed by atoms with E-state index < -0.39 is 5.92 Å². The number of anilines is 1. The van der Waals surface area contributed by atoms with Crippen molar-refractivity contribution in [2.45, 2.75) is 13.5 Å². The van der Waals surface area contributed by atoms with Gasteiger partial charge in [-0.15, -0.1) is 0 Å². The average Bonchev–Trinajstić information content (AvgIpc) is 2.92. The molecule has 5 nitrogen and oxygen atoms in total. The van der Waals surface area contributed by atoms with Crippen LogP contribution in [0.3, 0.4) is 0 Å². The number of hydrogen-bond donors (Lipinski definition) is 0. The van der Waals surface area contributed by atoms with E-state index in [1.54, 1.807) is 17.3 Å².